The van der Waals surface area contributed by atoms with E-state index in [1.54, 1.807) is 0 Å². The van der Waals surface area contributed by atoms with E-state index in [4.69, 9.17) is 9.97 Å². The minimum Gasteiger partial charge on any atom is -0.309 e. The number of hydrogen-bond donors (Lipinski definition) is 0. The Morgan fingerprint density at radius 1 is 0.315 bits per heavy atom. The molecule has 0 atom stereocenters. The molecule has 0 N–H and O–H groups in total. The molecule has 0 bridgehead atoms. The van der Waals surface area contributed by atoms with Crippen LogP contribution in [-0.4, -0.2) is 19.1 Å². The SMILES string of the molecule is c1ccc(-c2cc(-c3ccccc3)nc(-c3ccc4c5ccc(-n6c7ccccc7c7ccccc76)cc5n(-c5cccc6ccccc56)c4c3)n2)cc1. The maximum absolute atomic E-state index is 5.19. The monoisotopic (exact) mass is 688 g/mol. The van der Waals surface area contributed by atoms with E-state index >= 15 is 0 Å². The molecule has 4 nitrogen and oxygen atoms in total. The van der Waals surface area contributed by atoms with Crippen LogP contribution in [0.1, 0.15) is 0 Å². The van der Waals surface area contributed by atoms with Crippen molar-refractivity contribution in [3.05, 3.63) is 194 Å². The van der Waals surface area contributed by atoms with Gasteiger partial charge in [0.05, 0.1) is 39.1 Å². The Hall–Kier alpha value is -7.30. The third-order valence-corrected chi connectivity index (χ3v) is 10.7. The Labute approximate surface area is 311 Å². The van der Waals surface area contributed by atoms with Crippen LogP contribution >= 0.6 is 0 Å². The van der Waals surface area contributed by atoms with Gasteiger partial charge in [0.2, 0.25) is 0 Å². The maximum atomic E-state index is 5.19. The first-order valence-corrected chi connectivity index (χ1v) is 18.3. The summed E-state index contributed by atoms with van der Waals surface area (Å²) in [6, 6.07) is 69.1. The Morgan fingerprint density at radius 3 is 1.50 bits per heavy atom. The van der Waals surface area contributed by atoms with Crippen molar-refractivity contribution in [3.8, 4) is 45.3 Å². The highest BCUT2D eigenvalue weighted by atomic mass is 15.0. The van der Waals surface area contributed by atoms with Gasteiger partial charge in [-0.2, -0.15) is 0 Å². The second-order valence-corrected chi connectivity index (χ2v) is 13.8. The molecule has 0 unspecified atom stereocenters. The van der Waals surface area contributed by atoms with Crippen molar-refractivity contribution >= 4 is 54.4 Å². The second-order valence-electron chi connectivity index (χ2n) is 13.8. The summed E-state index contributed by atoms with van der Waals surface area (Å²) in [6.07, 6.45) is 0. The lowest BCUT2D eigenvalue weighted by Gasteiger charge is -2.14. The Balaban J connectivity index is 1.20. The van der Waals surface area contributed by atoms with Gasteiger partial charge in [0.15, 0.2) is 5.82 Å². The van der Waals surface area contributed by atoms with E-state index in [0.717, 1.165) is 50.5 Å². The fourth-order valence-corrected chi connectivity index (χ4v) is 8.24. The third kappa shape index (κ3) is 4.78. The van der Waals surface area contributed by atoms with Gasteiger partial charge in [-0.25, -0.2) is 9.97 Å². The molecule has 0 saturated carbocycles. The fraction of sp³-hybridized carbons (Fsp3) is 0. The van der Waals surface area contributed by atoms with E-state index in [2.05, 4.69) is 191 Å². The zero-order valence-corrected chi connectivity index (χ0v) is 29.3. The van der Waals surface area contributed by atoms with Crippen molar-refractivity contribution in [2.24, 2.45) is 0 Å². The van der Waals surface area contributed by atoms with Gasteiger partial charge in [-0.05, 0) is 47.9 Å². The molecule has 0 spiro atoms. The van der Waals surface area contributed by atoms with E-state index in [1.807, 2.05) is 12.1 Å². The number of para-hydroxylation sites is 2. The van der Waals surface area contributed by atoms with E-state index in [-0.39, 0.29) is 0 Å². The number of nitrogens with zero attached hydrogens (tertiary/aromatic N) is 4. The summed E-state index contributed by atoms with van der Waals surface area (Å²) in [7, 11) is 0. The van der Waals surface area contributed by atoms with Gasteiger partial charge in [0, 0.05) is 49.3 Å². The number of fused-ring (bicyclic) bond motifs is 7. The topological polar surface area (TPSA) is 35.6 Å². The van der Waals surface area contributed by atoms with E-state index in [9.17, 15) is 0 Å². The van der Waals surface area contributed by atoms with Gasteiger partial charge >= 0.3 is 0 Å². The standard InChI is InChI=1S/C50H32N4/c1-3-15-34(16-4-1)43-32-44(35-17-5-2-6-18-35)52-50(51-43)36-26-28-41-42-29-27-37(53-46-23-11-9-21-39(46)40-22-10-12-24-47(40)53)31-49(42)54(48(41)30-36)45-25-13-19-33-14-7-8-20-38(33)45/h1-32H. The Bertz CT molecular complexity index is 3090. The summed E-state index contributed by atoms with van der Waals surface area (Å²) in [5, 5.41) is 7.27. The molecule has 3 heterocycles. The van der Waals surface area contributed by atoms with Crippen molar-refractivity contribution in [1.29, 1.82) is 0 Å². The largest absolute Gasteiger partial charge is 0.309 e. The first-order valence-electron chi connectivity index (χ1n) is 18.3. The first kappa shape index (κ1) is 30.3. The molecule has 0 aliphatic carbocycles. The number of benzene rings is 8. The molecular weight excluding hydrogens is 657 g/mol. The summed E-state index contributed by atoms with van der Waals surface area (Å²) in [5.41, 5.74) is 11.7. The summed E-state index contributed by atoms with van der Waals surface area (Å²) in [5.74, 6) is 0.692. The summed E-state index contributed by atoms with van der Waals surface area (Å²) in [6.45, 7) is 0. The van der Waals surface area contributed by atoms with Crippen molar-refractivity contribution < 1.29 is 0 Å². The Morgan fingerprint density at radius 2 is 0.833 bits per heavy atom. The average Bonchev–Trinajstić information content (AvgIpc) is 3.76. The molecule has 252 valence electrons. The molecule has 54 heavy (non-hydrogen) atoms. The normalized spacial score (nSPS) is 11.7. The molecule has 0 aliphatic rings. The van der Waals surface area contributed by atoms with Crippen LogP contribution in [0.2, 0.25) is 0 Å². The highest BCUT2D eigenvalue weighted by Gasteiger charge is 2.19. The molecule has 11 aromatic rings. The average molecular weight is 689 g/mol. The van der Waals surface area contributed by atoms with Gasteiger partial charge in [-0.3, -0.25) is 0 Å². The molecule has 4 heteroatoms. The molecule has 0 saturated heterocycles. The highest BCUT2D eigenvalue weighted by Crippen LogP contribution is 2.39. The molecule has 0 aliphatic heterocycles. The molecule has 0 amide bonds. The van der Waals surface area contributed by atoms with Gasteiger partial charge in [-0.1, -0.05) is 152 Å². The lowest BCUT2D eigenvalue weighted by atomic mass is 10.1. The van der Waals surface area contributed by atoms with Crippen molar-refractivity contribution in [1.82, 2.24) is 19.1 Å². The summed E-state index contributed by atoms with van der Waals surface area (Å²) >= 11 is 0. The molecule has 0 fully saturated rings. The number of hydrogen-bond acceptors (Lipinski definition) is 2. The summed E-state index contributed by atoms with van der Waals surface area (Å²) < 4.78 is 4.84. The Kier molecular flexibility index (Phi) is 6.82. The zero-order chi connectivity index (χ0) is 35.6. The maximum Gasteiger partial charge on any atom is 0.160 e. The third-order valence-electron chi connectivity index (χ3n) is 10.7. The molecular formula is C50H32N4. The van der Waals surface area contributed by atoms with Crippen LogP contribution < -0.4 is 0 Å². The molecule has 11 rings (SSSR count). The molecule has 3 aromatic heterocycles. The minimum absolute atomic E-state index is 0.692. The van der Waals surface area contributed by atoms with Crippen molar-refractivity contribution in [3.63, 3.8) is 0 Å². The van der Waals surface area contributed by atoms with E-state index in [0.29, 0.717) is 5.82 Å². The molecule has 0 radical (unpaired) electrons. The number of rotatable bonds is 5. The molecule has 8 aromatic carbocycles. The van der Waals surface area contributed by atoms with Crippen molar-refractivity contribution in [2.75, 3.05) is 0 Å². The predicted octanol–water partition coefficient (Wildman–Crippen LogP) is 12.8. The van der Waals surface area contributed by atoms with Crippen LogP contribution in [0.25, 0.3) is 99.7 Å². The van der Waals surface area contributed by atoms with E-state index in [1.165, 1.54) is 43.4 Å². The smallest absolute Gasteiger partial charge is 0.160 e. The zero-order valence-electron chi connectivity index (χ0n) is 29.3. The predicted molar refractivity (Wildman–Crippen MR) is 225 cm³/mol. The lowest BCUT2D eigenvalue weighted by molar-refractivity contribution is 1.16. The van der Waals surface area contributed by atoms with Gasteiger partial charge in [-0.15, -0.1) is 0 Å². The lowest BCUT2D eigenvalue weighted by Crippen LogP contribution is -1.98. The summed E-state index contributed by atoms with van der Waals surface area (Å²) in [4.78, 5) is 10.4. The van der Waals surface area contributed by atoms with Crippen LogP contribution in [0.4, 0.5) is 0 Å². The fourth-order valence-electron chi connectivity index (χ4n) is 8.24. The quantitative estimate of drug-likeness (QED) is 0.180. The van der Waals surface area contributed by atoms with E-state index < -0.39 is 0 Å². The van der Waals surface area contributed by atoms with Gasteiger partial charge in [0.1, 0.15) is 0 Å². The first-order chi connectivity index (χ1) is 26.8. The van der Waals surface area contributed by atoms with Crippen LogP contribution in [0, 0.1) is 0 Å². The minimum atomic E-state index is 0.692. The van der Waals surface area contributed by atoms with Crippen LogP contribution in [0.15, 0.2) is 194 Å². The number of aromatic nitrogens is 4. The van der Waals surface area contributed by atoms with Gasteiger partial charge in [0.25, 0.3) is 0 Å². The highest BCUT2D eigenvalue weighted by molar-refractivity contribution is 6.13. The van der Waals surface area contributed by atoms with Crippen LogP contribution in [-0.2, 0) is 0 Å². The van der Waals surface area contributed by atoms with Crippen LogP contribution in [0.5, 0.6) is 0 Å². The van der Waals surface area contributed by atoms with Crippen LogP contribution in [0.3, 0.4) is 0 Å². The van der Waals surface area contributed by atoms with Gasteiger partial charge < -0.3 is 9.13 Å². The second kappa shape index (κ2) is 12.1. The van der Waals surface area contributed by atoms with Crippen molar-refractivity contribution in [2.45, 2.75) is 0 Å².